The average molecular weight is 348 g/mol. The van der Waals surface area contributed by atoms with Crippen molar-refractivity contribution < 1.29 is 13.2 Å². The largest absolute Gasteiger partial charge is 0.206 e. The number of hydrogen-bond donors (Lipinski definition) is 0. The fourth-order valence-electron chi connectivity index (χ4n) is 4.39. The van der Waals surface area contributed by atoms with Gasteiger partial charge in [0.25, 0.3) is 0 Å². The Labute approximate surface area is 148 Å². The van der Waals surface area contributed by atoms with Gasteiger partial charge < -0.3 is 0 Å². The Morgan fingerprint density at radius 1 is 0.880 bits per heavy atom. The van der Waals surface area contributed by atoms with E-state index < -0.39 is 17.5 Å². The number of benzene rings is 2. The first-order chi connectivity index (χ1) is 12.1. The standard InChI is InChI=1S/C22H27F3/c1-3-5-14-7-9-15(10-8-14)18-12-11-16-13-17(6-4-2)20(23)22(25)19(16)21(18)24/h11-15H,3-10H2,1-2H3. The Kier molecular flexibility index (Phi) is 5.71. The number of aryl methyl sites for hydroxylation is 1. The summed E-state index contributed by atoms with van der Waals surface area (Å²) >= 11 is 0. The summed E-state index contributed by atoms with van der Waals surface area (Å²) in [6.45, 7) is 4.11. The van der Waals surface area contributed by atoms with Crippen molar-refractivity contribution in [3.8, 4) is 0 Å². The summed E-state index contributed by atoms with van der Waals surface area (Å²) in [5.74, 6) is -1.63. The molecule has 0 heterocycles. The van der Waals surface area contributed by atoms with Crippen LogP contribution in [0.4, 0.5) is 13.2 Å². The minimum atomic E-state index is -1.03. The Morgan fingerprint density at radius 3 is 2.24 bits per heavy atom. The summed E-state index contributed by atoms with van der Waals surface area (Å²) in [6.07, 6.45) is 7.67. The summed E-state index contributed by atoms with van der Waals surface area (Å²) in [6, 6.07) is 5.14. The molecular formula is C22H27F3. The van der Waals surface area contributed by atoms with Crippen LogP contribution in [-0.2, 0) is 6.42 Å². The summed E-state index contributed by atoms with van der Waals surface area (Å²) in [5.41, 5.74) is 0.892. The highest BCUT2D eigenvalue weighted by Crippen LogP contribution is 2.40. The second kappa shape index (κ2) is 7.80. The van der Waals surface area contributed by atoms with Crippen LogP contribution in [0.15, 0.2) is 18.2 Å². The Hall–Kier alpha value is -1.51. The second-order valence-electron chi connectivity index (χ2n) is 7.49. The zero-order valence-corrected chi connectivity index (χ0v) is 15.2. The molecule has 0 spiro atoms. The van der Waals surface area contributed by atoms with Crippen LogP contribution in [0.2, 0.25) is 0 Å². The topological polar surface area (TPSA) is 0 Å². The summed E-state index contributed by atoms with van der Waals surface area (Å²) < 4.78 is 43.9. The van der Waals surface area contributed by atoms with Crippen molar-refractivity contribution in [2.75, 3.05) is 0 Å². The van der Waals surface area contributed by atoms with Crippen LogP contribution in [0.3, 0.4) is 0 Å². The molecule has 0 atom stereocenters. The van der Waals surface area contributed by atoms with E-state index in [1.165, 1.54) is 12.8 Å². The molecule has 0 aliphatic heterocycles. The van der Waals surface area contributed by atoms with Crippen molar-refractivity contribution in [1.29, 1.82) is 0 Å². The van der Waals surface area contributed by atoms with Gasteiger partial charge in [0.15, 0.2) is 11.6 Å². The van der Waals surface area contributed by atoms with Gasteiger partial charge in [0.05, 0.1) is 5.39 Å². The minimum Gasteiger partial charge on any atom is -0.206 e. The highest BCUT2D eigenvalue weighted by atomic mass is 19.2. The quantitative estimate of drug-likeness (QED) is 0.532. The van der Waals surface area contributed by atoms with Gasteiger partial charge in [0.2, 0.25) is 0 Å². The van der Waals surface area contributed by atoms with E-state index >= 15 is 4.39 Å². The fraction of sp³-hybridized carbons (Fsp3) is 0.545. The smallest absolute Gasteiger partial charge is 0.169 e. The Morgan fingerprint density at radius 2 is 1.60 bits per heavy atom. The van der Waals surface area contributed by atoms with Gasteiger partial charge in [-0.2, -0.15) is 0 Å². The SMILES string of the molecule is CCCc1cc2ccc(C3CCC(CCC)CC3)c(F)c2c(F)c1F. The van der Waals surface area contributed by atoms with Crippen molar-refractivity contribution in [3.05, 3.63) is 46.8 Å². The van der Waals surface area contributed by atoms with E-state index in [-0.39, 0.29) is 11.3 Å². The van der Waals surface area contributed by atoms with Crippen LogP contribution < -0.4 is 0 Å². The van der Waals surface area contributed by atoms with E-state index in [0.29, 0.717) is 22.9 Å². The van der Waals surface area contributed by atoms with Crippen LogP contribution in [0.1, 0.15) is 75.8 Å². The molecule has 0 unspecified atom stereocenters. The van der Waals surface area contributed by atoms with Crippen molar-refractivity contribution in [2.24, 2.45) is 5.92 Å². The van der Waals surface area contributed by atoms with Gasteiger partial charge in [0, 0.05) is 0 Å². The third-order valence-electron chi connectivity index (χ3n) is 5.73. The van der Waals surface area contributed by atoms with Crippen LogP contribution in [-0.4, -0.2) is 0 Å². The summed E-state index contributed by atoms with van der Waals surface area (Å²) in [7, 11) is 0. The molecule has 3 rings (SSSR count). The lowest BCUT2D eigenvalue weighted by atomic mass is 9.77. The van der Waals surface area contributed by atoms with E-state index in [1.54, 1.807) is 18.2 Å². The molecule has 0 N–H and O–H groups in total. The van der Waals surface area contributed by atoms with E-state index in [1.807, 2.05) is 6.92 Å². The molecule has 0 nitrogen and oxygen atoms in total. The first-order valence-electron chi connectivity index (χ1n) is 9.65. The summed E-state index contributed by atoms with van der Waals surface area (Å²) in [5, 5.41) is 0.286. The molecule has 2 aromatic rings. The van der Waals surface area contributed by atoms with Gasteiger partial charge in [-0.15, -0.1) is 0 Å². The molecule has 1 fully saturated rings. The maximum absolute atomic E-state index is 15.1. The normalized spacial score (nSPS) is 21.0. The Balaban J connectivity index is 1.95. The van der Waals surface area contributed by atoms with Gasteiger partial charge in [-0.1, -0.05) is 45.2 Å². The highest BCUT2D eigenvalue weighted by Gasteiger charge is 2.26. The zero-order valence-electron chi connectivity index (χ0n) is 15.2. The molecular weight excluding hydrogens is 321 g/mol. The molecule has 0 amide bonds. The van der Waals surface area contributed by atoms with Gasteiger partial charge in [0.1, 0.15) is 5.82 Å². The van der Waals surface area contributed by atoms with E-state index in [4.69, 9.17) is 0 Å². The zero-order chi connectivity index (χ0) is 18.0. The average Bonchev–Trinajstić information content (AvgIpc) is 2.61. The van der Waals surface area contributed by atoms with Crippen molar-refractivity contribution in [3.63, 3.8) is 0 Å². The molecule has 1 aliphatic carbocycles. The predicted molar refractivity (Wildman–Crippen MR) is 97.4 cm³/mol. The number of hydrogen-bond acceptors (Lipinski definition) is 0. The van der Waals surface area contributed by atoms with E-state index in [9.17, 15) is 8.78 Å². The third-order valence-corrected chi connectivity index (χ3v) is 5.73. The molecule has 25 heavy (non-hydrogen) atoms. The fourth-order valence-corrected chi connectivity index (χ4v) is 4.39. The van der Waals surface area contributed by atoms with Crippen LogP contribution in [0.5, 0.6) is 0 Å². The van der Waals surface area contributed by atoms with E-state index in [0.717, 1.165) is 38.0 Å². The van der Waals surface area contributed by atoms with Gasteiger partial charge in [-0.05, 0) is 66.5 Å². The molecule has 2 aromatic carbocycles. The van der Waals surface area contributed by atoms with Gasteiger partial charge in [-0.3, -0.25) is 0 Å². The molecule has 0 saturated heterocycles. The minimum absolute atomic E-state index is 0.121. The number of halogens is 3. The summed E-state index contributed by atoms with van der Waals surface area (Å²) in [4.78, 5) is 0. The van der Waals surface area contributed by atoms with Crippen LogP contribution >= 0.6 is 0 Å². The number of fused-ring (bicyclic) bond motifs is 1. The molecule has 1 aliphatic rings. The van der Waals surface area contributed by atoms with Crippen molar-refractivity contribution in [2.45, 2.75) is 71.1 Å². The van der Waals surface area contributed by atoms with Crippen molar-refractivity contribution in [1.82, 2.24) is 0 Å². The second-order valence-corrected chi connectivity index (χ2v) is 7.49. The maximum atomic E-state index is 15.1. The number of rotatable bonds is 5. The van der Waals surface area contributed by atoms with Gasteiger partial charge >= 0.3 is 0 Å². The first kappa shape index (κ1) is 18.3. The van der Waals surface area contributed by atoms with Crippen LogP contribution in [0.25, 0.3) is 10.8 Å². The lowest BCUT2D eigenvalue weighted by Crippen LogP contribution is -2.14. The molecule has 0 bridgehead atoms. The lowest BCUT2D eigenvalue weighted by molar-refractivity contribution is 0.305. The third kappa shape index (κ3) is 3.56. The first-order valence-corrected chi connectivity index (χ1v) is 9.65. The van der Waals surface area contributed by atoms with E-state index in [2.05, 4.69) is 6.92 Å². The monoisotopic (exact) mass is 348 g/mol. The molecule has 3 heteroatoms. The van der Waals surface area contributed by atoms with Crippen molar-refractivity contribution >= 4 is 10.8 Å². The predicted octanol–water partition coefficient (Wildman–Crippen LogP) is 7.28. The molecule has 136 valence electrons. The van der Waals surface area contributed by atoms with Gasteiger partial charge in [-0.25, -0.2) is 13.2 Å². The van der Waals surface area contributed by atoms with Crippen LogP contribution in [0, 0.1) is 23.4 Å². The molecule has 0 radical (unpaired) electrons. The molecule has 1 saturated carbocycles. The molecule has 0 aromatic heterocycles. The Bertz CT molecular complexity index is 743. The lowest BCUT2D eigenvalue weighted by Gasteiger charge is -2.29. The highest BCUT2D eigenvalue weighted by molar-refractivity contribution is 5.85. The maximum Gasteiger partial charge on any atom is 0.169 e.